The van der Waals surface area contributed by atoms with Gasteiger partial charge in [0, 0.05) is 0 Å². The van der Waals surface area contributed by atoms with Crippen molar-refractivity contribution in [3.63, 3.8) is 0 Å². The summed E-state index contributed by atoms with van der Waals surface area (Å²) in [6.07, 6.45) is -1.64. The number of carboxylic acid groups (broad SMARTS) is 1. The molecule has 1 aromatic heterocycles. The molecule has 0 fully saturated rings. The predicted octanol–water partition coefficient (Wildman–Crippen LogP) is 1.78. The smallest absolute Gasteiger partial charge is 0.449 e. The second kappa shape index (κ2) is 5.65. The van der Waals surface area contributed by atoms with E-state index in [9.17, 15) is 18.0 Å². The molecule has 2 aromatic rings. The summed E-state index contributed by atoms with van der Waals surface area (Å²) >= 11 is 11.6. The summed E-state index contributed by atoms with van der Waals surface area (Å²) in [5.74, 6) is -0.372. The fourth-order valence-corrected chi connectivity index (χ4v) is 2.92. The van der Waals surface area contributed by atoms with Gasteiger partial charge in [-0.25, -0.2) is 9.48 Å². The third-order valence-electron chi connectivity index (χ3n) is 2.41. The van der Waals surface area contributed by atoms with Crippen molar-refractivity contribution in [2.75, 3.05) is 0 Å². The predicted molar refractivity (Wildman–Crippen MR) is 74.9 cm³/mol. The standard InChI is InChI=1S/C10H6Cl2N2O7S/c11-4-2-7(22(18,19)20)5(12)1-6(4)14-9(15)3-8(13-14)21-10(16)17/h1-3,13H,(H,16,17)(H,18,19,20). The Bertz CT molecular complexity index is 916. The molecule has 12 heteroatoms. The molecule has 0 bridgehead atoms. The van der Waals surface area contributed by atoms with E-state index in [1.54, 1.807) is 0 Å². The van der Waals surface area contributed by atoms with Crippen LogP contribution in [0, 0.1) is 0 Å². The summed E-state index contributed by atoms with van der Waals surface area (Å²) in [4.78, 5) is 21.5. The molecule has 2 rings (SSSR count). The summed E-state index contributed by atoms with van der Waals surface area (Å²) < 4.78 is 36.2. The number of halogens is 2. The molecule has 0 aliphatic rings. The number of nitrogens with zero attached hydrogens (tertiary/aromatic N) is 1. The minimum absolute atomic E-state index is 0.0655. The van der Waals surface area contributed by atoms with E-state index in [-0.39, 0.29) is 21.6 Å². The van der Waals surface area contributed by atoms with Crippen molar-refractivity contribution >= 4 is 39.5 Å². The van der Waals surface area contributed by atoms with E-state index in [1.165, 1.54) is 0 Å². The van der Waals surface area contributed by atoms with Gasteiger partial charge in [-0.15, -0.1) is 0 Å². The average molecular weight is 369 g/mol. The molecule has 1 heterocycles. The number of ether oxygens (including phenoxy) is 1. The van der Waals surface area contributed by atoms with Gasteiger partial charge in [-0.3, -0.25) is 14.4 Å². The van der Waals surface area contributed by atoms with Crippen molar-refractivity contribution in [3.8, 4) is 11.6 Å². The van der Waals surface area contributed by atoms with E-state index < -0.39 is 26.7 Å². The zero-order valence-corrected chi connectivity index (χ0v) is 12.6. The van der Waals surface area contributed by atoms with Crippen LogP contribution in [0.25, 0.3) is 5.69 Å². The van der Waals surface area contributed by atoms with Gasteiger partial charge in [0.15, 0.2) is 0 Å². The Morgan fingerprint density at radius 2 is 1.86 bits per heavy atom. The van der Waals surface area contributed by atoms with Crippen LogP contribution in [-0.4, -0.2) is 34.0 Å². The van der Waals surface area contributed by atoms with Crippen LogP contribution < -0.4 is 10.3 Å². The molecular weight excluding hydrogens is 363 g/mol. The topological polar surface area (TPSA) is 139 Å². The molecule has 0 unspecified atom stereocenters. The van der Waals surface area contributed by atoms with Crippen molar-refractivity contribution in [2.45, 2.75) is 4.90 Å². The van der Waals surface area contributed by atoms with Crippen LogP contribution in [0.5, 0.6) is 5.88 Å². The Hall–Kier alpha value is -2.01. The van der Waals surface area contributed by atoms with Crippen molar-refractivity contribution in [1.82, 2.24) is 9.78 Å². The summed E-state index contributed by atoms with van der Waals surface area (Å²) in [5.41, 5.74) is -0.793. The lowest BCUT2D eigenvalue weighted by Gasteiger charge is -2.08. The first-order valence-electron chi connectivity index (χ1n) is 5.29. The molecule has 0 saturated carbocycles. The number of aromatic amines is 1. The molecule has 0 spiro atoms. The van der Waals surface area contributed by atoms with Gasteiger partial charge in [-0.1, -0.05) is 23.2 Å². The highest BCUT2D eigenvalue weighted by molar-refractivity contribution is 7.86. The largest absolute Gasteiger partial charge is 0.512 e. The first-order chi connectivity index (χ1) is 10.1. The van der Waals surface area contributed by atoms with Crippen molar-refractivity contribution in [3.05, 3.63) is 38.6 Å². The fraction of sp³-hybridized carbons (Fsp3) is 0. The number of carbonyl (C=O) groups is 1. The number of benzene rings is 1. The van der Waals surface area contributed by atoms with Gasteiger partial charge in [-0.2, -0.15) is 8.42 Å². The lowest BCUT2D eigenvalue weighted by atomic mass is 10.3. The van der Waals surface area contributed by atoms with E-state index in [0.717, 1.165) is 22.9 Å². The van der Waals surface area contributed by atoms with Gasteiger partial charge in [-0.05, 0) is 12.1 Å². The zero-order valence-electron chi connectivity index (χ0n) is 10.3. The minimum Gasteiger partial charge on any atom is -0.449 e. The van der Waals surface area contributed by atoms with Crippen LogP contribution >= 0.6 is 23.2 Å². The molecule has 1 aromatic carbocycles. The Morgan fingerprint density at radius 3 is 2.41 bits per heavy atom. The third-order valence-corrected chi connectivity index (χ3v) is 4.04. The summed E-state index contributed by atoms with van der Waals surface area (Å²) in [7, 11) is -4.59. The quantitative estimate of drug-likeness (QED) is 0.554. The maximum absolute atomic E-state index is 11.8. The van der Waals surface area contributed by atoms with E-state index in [1.807, 2.05) is 0 Å². The van der Waals surface area contributed by atoms with E-state index in [4.69, 9.17) is 32.9 Å². The van der Waals surface area contributed by atoms with Crippen LogP contribution in [0.4, 0.5) is 4.79 Å². The first kappa shape index (κ1) is 16.4. The number of H-pyrrole nitrogens is 1. The highest BCUT2D eigenvalue weighted by Crippen LogP contribution is 2.30. The monoisotopic (exact) mass is 368 g/mol. The van der Waals surface area contributed by atoms with E-state index in [2.05, 4.69) is 9.84 Å². The first-order valence-corrected chi connectivity index (χ1v) is 7.49. The van der Waals surface area contributed by atoms with Crippen LogP contribution in [0.2, 0.25) is 10.0 Å². The van der Waals surface area contributed by atoms with Gasteiger partial charge < -0.3 is 9.84 Å². The van der Waals surface area contributed by atoms with Crippen LogP contribution in [0.3, 0.4) is 0 Å². The molecule has 22 heavy (non-hydrogen) atoms. The third kappa shape index (κ3) is 3.25. The van der Waals surface area contributed by atoms with Crippen molar-refractivity contribution in [1.29, 1.82) is 0 Å². The lowest BCUT2D eigenvalue weighted by molar-refractivity contribution is 0.142. The Labute approximate surface area is 132 Å². The van der Waals surface area contributed by atoms with Gasteiger partial charge in [0.2, 0.25) is 5.88 Å². The Kier molecular flexibility index (Phi) is 4.20. The number of hydrogen-bond acceptors (Lipinski definition) is 5. The fourth-order valence-electron chi connectivity index (χ4n) is 1.59. The molecule has 118 valence electrons. The number of hydrogen-bond donors (Lipinski definition) is 3. The zero-order chi connectivity index (χ0) is 16.7. The van der Waals surface area contributed by atoms with Gasteiger partial charge in [0.05, 0.1) is 21.8 Å². The van der Waals surface area contributed by atoms with E-state index in [0.29, 0.717) is 0 Å². The van der Waals surface area contributed by atoms with Crippen molar-refractivity contribution < 1.29 is 27.6 Å². The molecule has 9 nitrogen and oxygen atoms in total. The van der Waals surface area contributed by atoms with Crippen LogP contribution in [0.1, 0.15) is 0 Å². The molecule has 0 aliphatic carbocycles. The molecule has 3 N–H and O–H groups in total. The highest BCUT2D eigenvalue weighted by atomic mass is 35.5. The summed E-state index contributed by atoms with van der Waals surface area (Å²) in [6, 6.07) is 2.70. The summed E-state index contributed by atoms with van der Waals surface area (Å²) in [5, 5.41) is 10.1. The maximum Gasteiger partial charge on any atom is 0.512 e. The van der Waals surface area contributed by atoms with Crippen LogP contribution in [0.15, 0.2) is 27.9 Å². The maximum atomic E-state index is 11.8. The van der Waals surface area contributed by atoms with Gasteiger partial charge in [0.1, 0.15) is 4.90 Å². The normalized spacial score (nSPS) is 11.4. The molecule has 0 saturated heterocycles. The Balaban J connectivity index is 2.60. The number of nitrogens with one attached hydrogen (secondary N) is 1. The van der Waals surface area contributed by atoms with E-state index >= 15 is 0 Å². The second-order valence-electron chi connectivity index (χ2n) is 3.87. The number of rotatable bonds is 3. The Morgan fingerprint density at radius 1 is 1.23 bits per heavy atom. The van der Waals surface area contributed by atoms with Crippen LogP contribution in [-0.2, 0) is 10.1 Å². The molecule has 0 aliphatic heterocycles. The van der Waals surface area contributed by atoms with Crippen molar-refractivity contribution in [2.24, 2.45) is 0 Å². The second-order valence-corrected chi connectivity index (χ2v) is 6.08. The number of aromatic nitrogens is 2. The minimum atomic E-state index is -4.59. The lowest BCUT2D eigenvalue weighted by Crippen LogP contribution is -2.14. The SMILES string of the molecule is O=C(O)Oc1cc(=O)n(-c2cc(Cl)c(S(=O)(=O)O)cc2Cl)[nH]1. The molecule has 0 amide bonds. The molecule has 0 atom stereocenters. The molecule has 0 radical (unpaired) electrons. The average Bonchev–Trinajstić information content (AvgIpc) is 2.70. The summed E-state index contributed by atoms with van der Waals surface area (Å²) in [6.45, 7) is 0. The van der Waals surface area contributed by atoms with Gasteiger partial charge in [0.25, 0.3) is 15.7 Å². The molecular formula is C10H6Cl2N2O7S. The highest BCUT2D eigenvalue weighted by Gasteiger charge is 2.19. The van der Waals surface area contributed by atoms with Gasteiger partial charge >= 0.3 is 6.16 Å².